The summed E-state index contributed by atoms with van der Waals surface area (Å²) >= 11 is 1.77. The summed E-state index contributed by atoms with van der Waals surface area (Å²) < 4.78 is 13.3. The first-order valence-electron chi connectivity index (χ1n) is 10.9. The number of aliphatic hydroxyl groups excluding tert-OH is 3. The molecule has 1 aliphatic heterocycles. The Morgan fingerprint density at radius 3 is 2.69 bits per heavy atom. The van der Waals surface area contributed by atoms with Crippen molar-refractivity contribution in [2.24, 2.45) is 0 Å². The van der Waals surface area contributed by atoms with Gasteiger partial charge >= 0.3 is 0 Å². The van der Waals surface area contributed by atoms with Crippen LogP contribution in [0, 0.1) is 13.8 Å². The van der Waals surface area contributed by atoms with Crippen LogP contribution in [-0.2, 0) is 11.2 Å². The van der Waals surface area contributed by atoms with E-state index in [1.165, 1.54) is 15.0 Å². The molecule has 4 atom stereocenters. The van der Waals surface area contributed by atoms with Crippen molar-refractivity contribution in [3.8, 4) is 5.75 Å². The molecular formula is C26H30O5S. The van der Waals surface area contributed by atoms with Crippen molar-refractivity contribution >= 4 is 21.4 Å². The van der Waals surface area contributed by atoms with Crippen LogP contribution < -0.4 is 4.74 Å². The van der Waals surface area contributed by atoms with Crippen LogP contribution >= 0.6 is 11.3 Å². The number of aliphatic hydroxyl groups is 3. The Morgan fingerprint density at radius 2 is 1.97 bits per heavy atom. The first-order valence-corrected chi connectivity index (χ1v) is 11.7. The second-order valence-corrected chi connectivity index (χ2v) is 9.55. The summed E-state index contributed by atoms with van der Waals surface area (Å²) in [4.78, 5) is 1.25. The van der Waals surface area contributed by atoms with E-state index in [4.69, 9.17) is 9.47 Å². The normalized spacial score (nSPS) is 23.4. The monoisotopic (exact) mass is 454 g/mol. The molecule has 0 unspecified atom stereocenters. The van der Waals surface area contributed by atoms with Gasteiger partial charge in [-0.15, -0.1) is 11.3 Å². The molecule has 32 heavy (non-hydrogen) atoms. The summed E-state index contributed by atoms with van der Waals surface area (Å²) in [5, 5.41) is 32.0. The van der Waals surface area contributed by atoms with Crippen LogP contribution in [0.3, 0.4) is 0 Å². The molecule has 4 rings (SSSR count). The van der Waals surface area contributed by atoms with Gasteiger partial charge in [0.25, 0.3) is 0 Å². The summed E-state index contributed by atoms with van der Waals surface area (Å²) in [6.07, 6.45) is -0.817. The van der Waals surface area contributed by atoms with Gasteiger partial charge in [0.15, 0.2) is 0 Å². The van der Waals surface area contributed by atoms with E-state index in [1.807, 2.05) is 25.1 Å². The van der Waals surface area contributed by atoms with Gasteiger partial charge in [-0.3, -0.25) is 0 Å². The average Bonchev–Trinajstić information content (AvgIpc) is 3.20. The van der Waals surface area contributed by atoms with Gasteiger partial charge in [0.05, 0.1) is 18.8 Å². The molecule has 5 nitrogen and oxygen atoms in total. The van der Waals surface area contributed by atoms with Crippen molar-refractivity contribution < 1.29 is 24.8 Å². The largest absolute Gasteiger partial charge is 0.489 e. The number of fused-ring (bicyclic) bond motifs is 1. The maximum absolute atomic E-state index is 10.8. The molecule has 3 aromatic rings. The van der Waals surface area contributed by atoms with Gasteiger partial charge in [0.1, 0.15) is 24.6 Å². The lowest BCUT2D eigenvalue weighted by Crippen LogP contribution is -2.44. The number of hydrogen-bond acceptors (Lipinski definition) is 6. The quantitative estimate of drug-likeness (QED) is 0.466. The molecule has 2 aromatic carbocycles. The van der Waals surface area contributed by atoms with Crippen molar-refractivity contribution in [2.45, 2.75) is 51.1 Å². The highest BCUT2D eigenvalue weighted by Gasteiger charge is 2.39. The van der Waals surface area contributed by atoms with Gasteiger partial charge in [0.2, 0.25) is 0 Å². The summed E-state index contributed by atoms with van der Waals surface area (Å²) in [6.45, 7) is 7.91. The van der Waals surface area contributed by atoms with Crippen LogP contribution in [0.1, 0.15) is 39.7 Å². The van der Waals surface area contributed by atoms with Crippen LogP contribution in [0.5, 0.6) is 5.75 Å². The molecule has 1 aliphatic rings. The molecule has 0 spiro atoms. The minimum Gasteiger partial charge on any atom is -0.489 e. The Morgan fingerprint density at radius 1 is 1.19 bits per heavy atom. The number of rotatable bonds is 7. The molecule has 1 fully saturated rings. The zero-order valence-electron chi connectivity index (χ0n) is 18.5. The van der Waals surface area contributed by atoms with Gasteiger partial charge in [-0.1, -0.05) is 30.9 Å². The second kappa shape index (κ2) is 9.73. The van der Waals surface area contributed by atoms with E-state index in [1.54, 1.807) is 17.4 Å². The van der Waals surface area contributed by atoms with Gasteiger partial charge in [0, 0.05) is 28.0 Å². The zero-order valence-corrected chi connectivity index (χ0v) is 19.3. The predicted octanol–water partition coefficient (Wildman–Crippen LogP) is 4.22. The maximum atomic E-state index is 10.8. The highest BCUT2D eigenvalue weighted by molar-refractivity contribution is 7.19. The second-order valence-electron chi connectivity index (χ2n) is 8.39. The Hall–Kier alpha value is -2.22. The van der Waals surface area contributed by atoms with E-state index in [-0.39, 0.29) is 13.0 Å². The highest BCUT2D eigenvalue weighted by Crippen LogP contribution is 2.41. The van der Waals surface area contributed by atoms with Crippen LogP contribution in [0.2, 0.25) is 0 Å². The Bertz CT molecular complexity index is 1070. The first kappa shape index (κ1) is 23.0. The van der Waals surface area contributed by atoms with Gasteiger partial charge in [-0.2, -0.15) is 0 Å². The predicted molar refractivity (Wildman–Crippen MR) is 128 cm³/mol. The third-order valence-corrected chi connectivity index (χ3v) is 7.34. The van der Waals surface area contributed by atoms with E-state index in [0.717, 1.165) is 23.1 Å². The van der Waals surface area contributed by atoms with Crippen molar-refractivity contribution in [1.82, 2.24) is 0 Å². The fourth-order valence-corrected chi connectivity index (χ4v) is 5.45. The first-order chi connectivity index (χ1) is 15.4. The summed E-state index contributed by atoms with van der Waals surface area (Å²) in [7, 11) is 0. The third-order valence-electron chi connectivity index (χ3n) is 6.22. The number of thiophene rings is 1. The van der Waals surface area contributed by atoms with E-state index >= 15 is 0 Å². The third kappa shape index (κ3) is 4.47. The average molecular weight is 455 g/mol. The summed E-state index contributed by atoms with van der Waals surface area (Å²) in [6, 6.07) is 12.6. The molecule has 0 saturated carbocycles. The summed E-state index contributed by atoms with van der Waals surface area (Å²) in [5.41, 5.74) is 3.90. The molecule has 0 bridgehead atoms. The van der Waals surface area contributed by atoms with E-state index < -0.39 is 24.4 Å². The zero-order chi connectivity index (χ0) is 22.8. The van der Waals surface area contributed by atoms with Crippen LogP contribution in [0.25, 0.3) is 10.1 Å². The minimum atomic E-state index is -1.11. The lowest BCUT2D eigenvalue weighted by molar-refractivity contribution is -0.180. The molecular weight excluding hydrogens is 424 g/mol. The summed E-state index contributed by atoms with van der Waals surface area (Å²) in [5.74, 6) is 0.636. The Balaban J connectivity index is 1.77. The molecule has 3 N–H and O–H groups in total. The number of ether oxygens (including phenoxy) is 2. The lowest BCUT2D eigenvalue weighted by Gasteiger charge is -2.38. The fraction of sp³-hybridized carbons (Fsp3) is 0.385. The van der Waals surface area contributed by atoms with E-state index in [9.17, 15) is 15.3 Å². The molecule has 6 heteroatoms. The highest BCUT2D eigenvalue weighted by atomic mass is 32.1. The van der Waals surface area contributed by atoms with Gasteiger partial charge < -0.3 is 24.8 Å². The van der Waals surface area contributed by atoms with Crippen molar-refractivity contribution in [3.63, 3.8) is 0 Å². The minimum absolute atomic E-state index is 0.191. The molecule has 2 heterocycles. The molecule has 1 aromatic heterocycles. The van der Waals surface area contributed by atoms with Gasteiger partial charge in [-0.05, 0) is 54.1 Å². The Labute approximate surface area is 192 Å². The lowest BCUT2D eigenvalue weighted by atomic mass is 9.88. The van der Waals surface area contributed by atoms with Crippen molar-refractivity contribution in [1.29, 1.82) is 0 Å². The van der Waals surface area contributed by atoms with Crippen molar-refractivity contribution in [3.05, 3.63) is 76.2 Å². The molecule has 170 valence electrons. The molecule has 0 aliphatic carbocycles. The number of hydrogen-bond donors (Lipinski definition) is 3. The van der Waals surface area contributed by atoms with E-state index in [2.05, 4.69) is 31.7 Å². The van der Waals surface area contributed by atoms with Crippen LogP contribution in [-0.4, -0.2) is 46.8 Å². The molecule has 0 radical (unpaired) electrons. The van der Waals surface area contributed by atoms with Crippen molar-refractivity contribution in [2.75, 3.05) is 13.2 Å². The van der Waals surface area contributed by atoms with Crippen LogP contribution in [0.15, 0.2) is 49.1 Å². The topological polar surface area (TPSA) is 79.2 Å². The number of benzene rings is 2. The molecule has 0 amide bonds. The molecule has 1 saturated heterocycles. The van der Waals surface area contributed by atoms with Crippen LogP contribution in [0.4, 0.5) is 0 Å². The fourth-order valence-electron chi connectivity index (χ4n) is 4.36. The van der Waals surface area contributed by atoms with Gasteiger partial charge in [-0.25, -0.2) is 0 Å². The maximum Gasteiger partial charge on any atom is 0.128 e. The SMILES string of the molecule is C=CCOc1c([C@@H]2O[C@H](CO)C[C@H](O)[C@H]2O)cc(Cc2cc3ccccc3s2)c(C)c1C. The standard InChI is InChI=1S/C26H30O5S/c1-4-9-30-25-16(3)15(2)18(11-20-10-17-7-5-6-8-23(17)32-20)12-21(25)26-24(29)22(28)13-19(14-27)31-26/h4-8,10,12,19,22,24,26-29H,1,9,11,13-14H2,2-3H3/t19-,22-,24+,26-/m0/s1. The smallest absolute Gasteiger partial charge is 0.128 e. The Kier molecular flexibility index (Phi) is 6.98. The van der Waals surface area contributed by atoms with E-state index in [0.29, 0.717) is 17.9 Å².